The minimum absolute atomic E-state index is 0.503. The Bertz CT molecular complexity index is 984. The third-order valence-electron chi connectivity index (χ3n) is 3.06. The molecule has 0 saturated carbocycles. The molecular weight excluding hydrogens is 474 g/mol. The molecular formula is C16H19F4NO8S2. The van der Waals surface area contributed by atoms with Crippen molar-refractivity contribution in [1.82, 2.24) is 5.32 Å². The second-order valence-electron chi connectivity index (χ2n) is 7.25. The number of carbonyl (C=O) groups excluding carboxylic acids is 2. The lowest BCUT2D eigenvalue weighted by Gasteiger charge is -2.20. The molecule has 1 atom stereocenters. The van der Waals surface area contributed by atoms with Gasteiger partial charge >= 0.3 is 20.7 Å². The van der Waals surface area contributed by atoms with Crippen molar-refractivity contribution in [3.05, 3.63) is 29.3 Å². The predicted octanol–water partition coefficient (Wildman–Crippen LogP) is 2.51. The van der Waals surface area contributed by atoms with Crippen molar-refractivity contribution in [2.75, 3.05) is 6.54 Å². The smallest absolute Gasteiger partial charge is 0.456 e. The van der Waals surface area contributed by atoms with Crippen LogP contribution in [-0.4, -0.2) is 51.7 Å². The number of nitrogens with one attached hydrogen (secondary N) is 1. The Morgan fingerprint density at radius 2 is 1.58 bits per heavy atom. The zero-order valence-electron chi connectivity index (χ0n) is 16.6. The number of carbonyl (C=O) groups is 2. The summed E-state index contributed by atoms with van der Waals surface area (Å²) >= 11 is -4.17. The van der Waals surface area contributed by atoms with E-state index in [0.717, 1.165) is 6.07 Å². The summed E-state index contributed by atoms with van der Waals surface area (Å²) in [5.41, 5.74) is -2.19. The van der Waals surface area contributed by atoms with Crippen molar-refractivity contribution in [1.29, 1.82) is 0 Å². The number of hydrogen-bond donors (Lipinski definition) is 2. The molecule has 1 aromatic rings. The first-order chi connectivity index (χ1) is 13.7. The molecule has 1 amide bonds. The van der Waals surface area contributed by atoms with E-state index in [9.17, 15) is 39.8 Å². The summed E-state index contributed by atoms with van der Waals surface area (Å²) in [6, 6.07) is 2.01. The van der Waals surface area contributed by atoms with Crippen LogP contribution < -0.4 is 9.50 Å². The Hall–Kier alpha value is -2.26. The summed E-state index contributed by atoms with van der Waals surface area (Å²) in [5.74, 6) is -6.68. The van der Waals surface area contributed by atoms with Crippen molar-refractivity contribution in [3.8, 4) is 5.75 Å². The van der Waals surface area contributed by atoms with Crippen LogP contribution in [0.3, 0.4) is 0 Å². The molecule has 1 aromatic carbocycles. The number of esters is 1. The number of halogens is 4. The van der Waals surface area contributed by atoms with Crippen molar-refractivity contribution in [3.63, 3.8) is 0 Å². The highest BCUT2D eigenvalue weighted by Crippen LogP contribution is 2.30. The van der Waals surface area contributed by atoms with Gasteiger partial charge in [-0.25, -0.2) is 17.8 Å². The maximum Gasteiger partial charge on any atom is 0.481 e. The summed E-state index contributed by atoms with van der Waals surface area (Å²) in [6.45, 7) is 3.80. The summed E-state index contributed by atoms with van der Waals surface area (Å²) in [6.07, 6.45) is 0. The van der Waals surface area contributed by atoms with E-state index in [-0.39, 0.29) is 0 Å². The maximum atomic E-state index is 13.5. The van der Waals surface area contributed by atoms with E-state index in [0.29, 0.717) is 19.1 Å². The van der Waals surface area contributed by atoms with E-state index in [1.165, 1.54) is 20.8 Å². The standard InChI is InChI=1S/C16H19F4NO8S2/c1-14(2,3)28-13(23)10-5-9(12(22)21-8-15(4,17)18)6-11(7-10)29-31(26,27)16(19,20)30(24)25/h5-7H,8H2,1-4H3,(H,21,22)(H,24,25). The Morgan fingerprint density at radius 1 is 1.06 bits per heavy atom. The first-order valence-electron chi connectivity index (χ1n) is 8.22. The predicted molar refractivity (Wildman–Crippen MR) is 99.8 cm³/mol. The lowest BCUT2D eigenvalue weighted by atomic mass is 10.1. The molecule has 0 spiro atoms. The number of rotatable bonds is 8. The molecule has 0 radical (unpaired) electrons. The molecule has 15 heteroatoms. The highest BCUT2D eigenvalue weighted by Gasteiger charge is 2.54. The molecule has 2 N–H and O–H groups in total. The lowest BCUT2D eigenvalue weighted by molar-refractivity contribution is 0.00684. The van der Waals surface area contributed by atoms with E-state index in [1.807, 2.05) is 5.32 Å². The van der Waals surface area contributed by atoms with E-state index in [4.69, 9.17) is 9.29 Å². The van der Waals surface area contributed by atoms with E-state index < -0.39 is 72.6 Å². The maximum absolute atomic E-state index is 13.5. The van der Waals surface area contributed by atoms with Gasteiger partial charge in [-0.05, 0) is 39.0 Å². The number of alkyl halides is 4. The van der Waals surface area contributed by atoms with Gasteiger partial charge in [0, 0.05) is 12.5 Å². The Kier molecular flexibility index (Phi) is 7.84. The second kappa shape index (κ2) is 9.08. The molecule has 0 bridgehead atoms. The molecule has 0 aliphatic rings. The van der Waals surface area contributed by atoms with Crippen LogP contribution in [0.4, 0.5) is 17.6 Å². The summed E-state index contributed by atoms with van der Waals surface area (Å²) < 4.78 is 99.3. The molecule has 0 aromatic heterocycles. The van der Waals surface area contributed by atoms with Crippen LogP contribution in [0.5, 0.6) is 5.75 Å². The zero-order chi connectivity index (χ0) is 24.4. The third-order valence-corrected chi connectivity index (χ3v) is 5.50. The van der Waals surface area contributed by atoms with Crippen LogP contribution in [0.2, 0.25) is 0 Å². The van der Waals surface area contributed by atoms with Crippen LogP contribution in [0.25, 0.3) is 0 Å². The number of amides is 1. The average Bonchev–Trinajstić information content (AvgIpc) is 2.56. The molecule has 0 aliphatic heterocycles. The second-order valence-corrected chi connectivity index (χ2v) is 10.1. The highest BCUT2D eigenvalue weighted by molar-refractivity contribution is 8.02. The van der Waals surface area contributed by atoms with Crippen LogP contribution in [0, 0.1) is 0 Å². The first-order valence-corrected chi connectivity index (χ1v) is 10.7. The van der Waals surface area contributed by atoms with Gasteiger partial charge in [0.15, 0.2) is 0 Å². The molecule has 1 unspecified atom stereocenters. The monoisotopic (exact) mass is 493 g/mol. The van der Waals surface area contributed by atoms with Crippen molar-refractivity contribution < 1.29 is 53.3 Å². The minimum atomic E-state index is -6.06. The van der Waals surface area contributed by atoms with E-state index >= 15 is 0 Å². The summed E-state index contributed by atoms with van der Waals surface area (Å²) in [4.78, 5) is 24.4. The zero-order valence-corrected chi connectivity index (χ0v) is 18.2. The highest BCUT2D eigenvalue weighted by atomic mass is 32.3. The van der Waals surface area contributed by atoms with Crippen molar-refractivity contribution >= 4 is 33.1 Å². The fourth-order valence-corrected chi connectivity index (χ4v) is 3.08. The van der Waals surface area contributed by atoms with Gasteiger partial charge in [-0.2, -0.15) is 17.2 Å². The van der Waals surface area contributed by atoms with Gasteiger partial charge in [-0.3, -0.25) is 4.79 Å². The SMILES string of the molecule is CC(F)(F)CNC(=O)c1cc(OS(=O)(=O)C(F)(F)S(=O)O)cc(C(=O)OC(C)(C)C)c1. The fraction of sp³-hybridized carbons (Fsp3) is 0.500. The minimum Gasteiger partial charge on any atom is -0.456 e. The van der Waals surface area contributed by atoms with Crippen molar-refractivity contribution in [2.24, 2.45) is 0 Å². The molecule has 176 valence electrons. The summed E-state index contributed by atoms with van der Waals surface area (Å²) in [5, 5.41) is 1.81. The fourth-order valence-electron chi connectivity index (χ4n) is 1.83. The number of hydrogen-bond acceptors (Lipinski definition) is 7. The largest absolute Gasteiger partial charge is 0.481 e. The molecule has 0 saturated heterocycles. The molecule has 9 nitrogen and oxygen atoms in total. The Labute approximate surface area is 177 Å². The molecule has 31 heavy (non-hydrogen) atoms. The Morgan fingerprint density at radius 3 is 2.03 bits per heavy atom. The molecule has 0 aliphatic carbocycles. The van der Waals surface area contributed by atoms with Gasteiger partial charge in [-0.15, -0.1) is 0 Å². The van der Waals surface area contributed by atoms with Crippen LogP contribution in [-0.2, 0) is 25.9 Å². The molecule has 0 heterocycles. The topological polar surface area (TPSA) is 136 Å². The number of benzene rings is 1. The average molecular weight is 493 g/mol. The first kappa shape index (κ1) is 26.8. The van der Waals surface area contributed by atoms with Gasteiger partial charge < -0.3 is 18.8 Å². The van der Waals surface area contributed by atoms with Gasteiger partial charge in [0.25, 0.3) is 11.8 Å². The van der Waals surface area contributed by atoms with Gasteiger partial charge in [0.2, 0.25) is 11.1 Å². The molecule has 0 fully saturated rings. The quantitative estimate of drug-likeness (QED) is 0.244. The lowest BCUT2D eigenvalue weighted by Crippen LogP contribution is -2.37. The van der Waals surface area contributed by atoms with Crippen LogP contribution >= 0.6 is 0 Å². The normalized spacial score (nSPS) is 14.0. The van der Waals surface area contributed by atoms with Gasteiger partial charge in [0.1, 0.15) is 11.4 Å². The van der Waals surface area contributed by atoms with Crippen LogP contribution in [0.1, 0.15) is 48.4 Å². The molecule has 1 rings (SSSR count). The van der Waals surface area contributed by atoms with Crippen molar-refractivity contribution in [2.45, 2.75) is 43.8 Å². The summed E-state index contributed by atoms with van der Waals surface area (Å²) in [7, 11) is -6.06. The van der Waals surface area contributed by atoms with E-state index in [1.54, 1.807) is 0 Å². The Balaban J connectivity index is 3.43. The van der Waals surface area contributed by atoms with E-state index in [2.05, 4.69) is 4.18 Å². The number of ether oxygens (including phenoxy) is 1. The van der Waals surface area contributed by atoms with Crippen LogP contribution in [0.15, 0.2) is 18.2 Å². The third kappa shape index (κ3) is 7.74. The van der Waals surface area contributed by atoms with Gasteiger partial charge in [-0.1, -0.05) is 0 Å². The van der Waals surface area contributed by atoms with Gasteiger partial charge in [0.05, 0.1) is 12.1 Å².